The van der Waals surface area contributed by atoms with Crippen LogP contribution in [0.15, 0.2) is 40.2 Å². The van der Waals surface area contributed by atoms with E-state index < -0.39 is 45.3 Å². The number of carbonyl (C=O) groups is 1. The third-order valence-electron chi connectivity index (χ3n) is 4.97. The minimum absolute atomic E-state index is 0.197. The Morgan fingerprint density at radius 3 is 2.31 bits per heavy atom. The van der Waals surface area contributed by atoms with E-state index in [2.05, 4.69) is 0 Å². The predicted molar refractivity (Wildman–Crippen MR) is 117 cm³/mol. The number of ether oxygens (including phenoxy) is 1. The molecule has 0 aliphatic rings. The molecule has 1 heterocycles. The average Bonchev–Trinajstić information content (AvgIpc) is 2.99. The number of carboxylic acids is 1. The van der Waals surface area contributed by atoms with E-state index in [0.717, 1.165) is 25.5 Å². The number of hydrogen-bond donors (Lipinski definition) is 3. The summed E-state index contributed by atoms with van der Waals surface area (Å²) in [5.74, 6) is -3.10. The molecule has 0 radical (unpaired) electrons. The number of nitrogens with zero attached hydrogens (tertiary/aromatic N) is 2. The quantitative estimate of drug-likeness (QED) is 0.374. The molecule has 3 N–H and O–H groups in total. The fraction of sp³-hybridized carbons (Fsp3) is 0.524. The molecule has 1 aromatic heterocycles. The van der Waals surface area contributed by atoms with Gasteiger partial charge in [0.05, 0.1) is 30.0 Å². The van der Waals surface area contributed by atoms with Crippen LogP contribution in [0.3, 0.4) is 0 Å². The zero-order chi connectivity index (χ0) is 23.9. The summed E-state index contributed by atoms with van der Waals surface area (Å²) in [5.41, 5.74) is -3.57. The van der Waals surface area contributed by atoms with Crippen LogP contribution < -0.4 is 10.4 Å². The van der Waals surface area contributed by atoms with Gasteiger partial charge in [-0.25, -0.2) is 18.0 Å². The topological polar surface area (TPSA) is 148 Å². The molecule has 0 amide bonds. The molecule has 178 valence electrons. The summed E-state index contributed by atoms with van der Waals surface area (Å²) >= 11 is 0. The third-order valence-corrected chi connectivity index (χ3v) is 6.82. The second kappa shape index (κ2) is 10.7. The van der Waals surface area contributed by atoms with Crippen molar-refractivity contribution in [3.63, 3.8) is 0 Å². The zero-order valence-electron chi connectivity index (χ0n) is 18.2. The number of rotatable bonds is 13. The SMILES string of the molecule is CCCCOc1ccc(S(=O)(=O)CC(O)(Cn2c(O)cn(CCCC)c2=O)C(=O)O)cc1. The van der Waals surface area contributed by atoms with E-state index in [-0.39, 0.29) is 4.90 Å². The van der Waals surface area contributed by atoms with Gasteiger partial charge in [-0.1, -0.05) is 26.7 Å². The van der Waals surface area contributed by atoms with Gasteiger partial charge in [0.15, 0.2) is 15.4 Å². The Balaban J connectivity index is 2.26. The Hall–Kier alpha value is -2.79. The van der Waals surface area contributed by atoms with Crippen LogP contribution in [0.5, 0.6) is 11.6 Å². The number of aliphatic carboxylic acids is 1. The van der Waals surface area contributed by atoms with E-state index in [4.69, 9.17) is 4.74 Å². The second-order valence-electron chi connectivity index (χ2n) is 7.67. The predicted octanol–water partition coefficient (Wildman–Crippen LogP) is 1.62. The first kappa shape index (κ1) is 25.5. The smallest absolute Gasteiger partial charge is 0.338 e. The summed E-state index contributed by atoms with van der Waals surface area (Å²) in [6, 6.07) is 5.44. The summed E-state index contributed by atoms with van der Waals surface area (Å²) in [6.45, 7) is 3.78. The molecule has 10 nitrogen and oxygen atoms in total. The Morgan fingerprint density at radius 2 is 1.75 bits per heavy atom. The lowest BCUT2D eigenvalue weighted by Crippen LogP contribution is -2.50. The van der Waals surface area contributed by atoms with Crippen LogP contribution in [0.4, 0.5) is 0 Å². The normalized spacial score (nSPS) is 13.6. The van der Waals surface area contributed by atoms with E-state index in [1.54, 1.807) is 0 Å². The maximum Gasteiger partial charge on any atom is 0.338 e. The highest BCUT2D eigenvalue weighted by molar-refractivity contribution is 7.91. The minimum Gasteiger partial charge on any atom is -0.494 e. The molecule has 0 aliphatic carbocycles. The van der Waals surface area contributed by atoms with Crippen molar-refractivity contribution in [1.29, 1.82) is 0 Å². The van der Waals surface area contributed by atoms with Crippen molar-refractivity contribution < 1.29 is 33.3 Å². The van der Waals surface area contributed by atoms with E-state index in [1.807, 2.05) is 13.8 Å². The van der Waals surface area contributed by atoms with Crippen molar-refractivity contribution in [2.24, 2.45) is 0 Å². The molecule has 32 heavy (non-hydrogen) atoms. The minimum atomic E-state index is -4.25. The number of aliphatic hydroxyl groups is 1. The molecule has 1 aromatic carbocycles. The average molecular weight is 471 g/mol. The first-order valence-corrected chi connectivity index (χ1v) is 12.1. The first-order valence-electron chi connectivity index (χ1n) is 10.4. The summed E-state index contributed by atoms with van der Waals surface area (Å²) in [7, 11) is -4.25. The maximum absolute atomic E-state index is 12.8. The lowest BCUT2D eigenvalue weighted by atomic mass is 10.1. The third kappa shape index (κ3) is 6.13. The molecular formula is C21H30N2O8S. The van der Waals surface area contributed by atoms with Gasteiger partial charge in [0.25, 0.3) is 0 Å². The number of aromatic hydroxyl groups is 1. The standard InChI is InChI=1S/C21H30N2O8S/c1-3-5-11-22-13-18(24)23(20(22)27)14-21(28,19(25)26)15-32(29,30)17-9-7-16(8-10-17)31-12-6-4-2/h7-10,13,24,28H,3-6,11-12,14-15H2,1-2H3,(H,25,26). The van der Waals surface area contributed by atoms with E-state index >= 15 is 0 Å². The summed E-state index contributed by atoms with van der Waals surface area (Å²) in [6.07, 6.45) is 4.36. The van der Waals surface area contributed by atoms with E-state index in [1.165, 1.54) is 28.8 Å². The van der Waals surface area contributed by atoms with Crippen molar-refractivity contribution >= 4 is 15.8 Å². The van der Waals surface area contributed by atoms with Crippen molar-refractivity contribution in [2.75, 3.05) is 12.4 Å². The van der Waals surface area contributed by atoms with Crippen molar-refractivity contribution in [2.45, 2.75) is 63.1 Å². The number of aromatic nitrogens is 2. The molecule has 1 atom stereocenters. The summed E-state index contributed by atoms with van der Waals surface area (Å²) in [4.78, 5) is 24.1. The van der Waals surface area contributed by atoms with Crippen LogP contribution in [-0.4, -0.2) is 56.8 Å². The molecule has 0 spiro atoms. The van der Waals surface area contributed by atoms with Crippen LogP contribution in [0.2, 0.25) is 0 Å². The zero-order valence-corrected chi connectivity index (χ0v) is 19.0. The molecule has 0 saturated carbocycles. The van der Waals surface area contributed by atoms with E-state index in [9.17, 15) is 33.3 Å². The van der Waals surface area contributed by atoms with Gasteiger partial charge < -0.3 is 20.1 Å². The number of unbranched alkanes of at least 4 members (excludes halogenated alkanes) is 2. The number of sulfone groups is 1. The second-order valence-corrected chi connectivity index (χ2v) is 9.66. The molecule has 2 rings (SSSR count). The van der Waals surface area contributed by atoms with Gasteiger partial charge in [0.1, 0.15) is 5.75 Å². The Labute approximate surface area is 186 Å². The highest BCUT2D eigenvalue weighted by Crippen LogP contribution is 2.23. The van der Waals surface area contributed by atoms with Gasteiger partial charge in [-0.05, 0) is 37.1 Å². The molecular weight excluding hydrogens is 440 g/mol. The number of imidazole rings is 1. The van der Waals surface area contributed by atoms with Crippen LogP contribution in [0.1, 0.15) is 39.5 Å². The van der Waals surface area contributed by atoms with E-state index in [0.29, 0.717) is 29.9 Å². The monoisotopic (exact) mass is 470 g/mol. The number of hydrogen-bond acceptors (Lipinski definition) is 7. The maximum atomic E-state index is 12.8. The highest BCUT2D eigenvalue weighted by atomic mass is 32.2. The molecule has 0 fully saturated rings. The van der Waals surface area contributed by atoms with Crippen LogP contribution in [0, 0.1) is 0 Å². The fourth-order valence-corrected chi connectivity index (χ4v) is 4.63. The molecule has 0 saturated heterocycles. The van der Waals surface area contributed by atoms with Crippen LogP contribution >= 0.6 is 0 Å². The molecule has 0 aliphatic heterocycles. The molecule has 2 aromatic rings. The van der Waals surface area contributed by atoms with Gasteiger partial charge in [-0.15, -0.1) is 0 Å². The van der Waals surface area contributed by atoms with Gasteiger partial charge in [0.2, 0.25) is 5.88 Å². The highest BCUT2D eigenvalue weighted by Gasteiger charge is 2.43. The molecule has 0 bridgehead atoms. The van der Waals surface area contributed by atoms with Gasteiger partial charge in [-0.3, -0.25) is 9.13 Å². The van der Waals surface area contributed by atoms with Gasteiger partial charge >= 0.3 is 11.7 Å². The molecule has 11 heteroatoms. The Kier molecular flexibility index (Phi) is 8.51. The van der Waals surface area contributed by atoms with Crippen LogP contribution in [-0.2, 0) is 27.7 Å². The van der Waals surface area contributed by atoms with Crippen molar-refractivity contribution in [3.8, 4) is 11.6 Å². The molecule has 1 unspecified atom stereocenters. The Morgan fingerprint density at radius 1 is 1.12 bits per heavy atom. The Bertz CT molecular complexity index is 1070. The van der Waals surface area contributed by atoms with Crippen molar-refractivity contribution in [3.05, 3.63) is 40.9 Å². The summed E-state index contributed by atoms with van der Waals surface area (Å²) < 4.78 is 32.9. The lowest BCUT2D eigenvalue weighted by Gasteiger charge is -2.23. The summed E-state index contributed by atoms with van der Waals surface area (Å²) in [5, 5.41) is 30.3. The number of carboxylic acid groups (broad SMARTS) is 1. The number of aryl methyl sites for hydroxylation is 1. The largest absolute Gasteiger partial charge is 0.494 e. The van der Waals surface area contributed by atoms with Gasteiger partial charge in [0, 0.05) is 6.54 Å². The van der Waals surface area contributed by atoms with Crippen molar-refractivity contribution in [1.82, 2.24) is 9.13 Å². The van der Waals surface area contributed by atoms with Gasteiger partial charge in [-0.2, -0.15) is 0 Å². The number of benzene rings is 1. The van der Waals surface area contributed by atoms with Crippen LogP contribution in [0.25, 0.3) is 0 Å². The lowest BCUT2D eigenvalue weighted by molar-refractivity contribution is -0.157. The fourth-order valence-electron chi connectivity index (χ4n) is 3.07. The first-order chi connectivity index (χ1) is 15.0.